The maximum absolute atomic E-state index is 11.2. The zero-order valence-corrected chi connectivity index (χ0v) is 8.70. The third-order valence-corrected chi connectivity index (χ3v) is 1.71. The van der Waals surface area contributed by atoms with E-state index in [4.69, 9.17) is 4.74 Å². The lowest BCUT2D eigenvalue weighted by molar-refractivity contribution is -0.490. The first-order valence-electron chi connectivity index (χ1n) is 4.63. The molecule has 0 spiro atoms. The molecule has 0 atom stereocenters. The number of nitrogens with zero attached hydrogens (tertiary/aromatic N) is 3. The van der Waals surface area contributed by atoms with Gasteiger partial charge < -0.3 is 9.30 Å². The molecule has 1 rings (SSSR count). The standard InChI is InChI=1S/C9H11N3O4/c1-2-16-9(13)7-11-6-4-3-5-8(11)10-12(14)15/h3-6H,2,7H2,1H3/b10-8-. The van der Waals surface area contributed by atoms with Gasteiger partial charge in [-0.1, -0.05) is 6.07 Å². The van der Waals surface area contributed by atoms with E-state index in [2.05, 4.69) is 5.10 Å². The summed E-state index contributed by atoms with van der Waals surface area (Å²) >= 11 is 0. The Kier molecular flexibility index (Phi) is 4.19. The SMILES string of the molecule is CCOC(=O)Cn1cccc/c1=N/[N+](=O)[O-]. The molecular weight excluding hydrogens is 214 g/mol. The van der Waals surface area contributed by atoms with Gasteiger partial charge in [0, 0.05) is 6.20 Å². The van der Waals surface area contributed by atoms with Crippen LogP contribution in [-0.2, 0) is 16.1 Å². The van der Waals surface area contributed by atoms with Gasteiger partial charge in [-0.25, -0.2) is 10.1 Å². The van der Waals surface area contributed by atoms with Crippen molar-refractivity contribution in [2.45, 2.75) is 13.5 Å². The van der Waals surface area contributed by atoms with Gasteiger partial charge >= 0.3 is 5.97 Å². The molecule has 1 aromatic rings. The Labute approximate surface area is 91.1 Å². The summed E-state index contributed by atoms with van der Waals surface area (Å²) < 4.78 is 6.08. The van der Waals surface area contributed by atoms with E-state index in [0.717, 1.165) is 0 Å². The second kappa shape index (κ2) is 5.64. The predicted molar refractivity (Wildman–Crippen MR) is 53.6 cm³/mol. The van der Waals surface area contributed by atoms with Crippen LogP contribution >= 0.6 is 0 Å². The lowest BCUT2D eigenvalue weighted by Gasteiger charge is -2.04. The van der Waals surface area contributed by atoms with Crippen molar-refractivity contribution in [2.24, 2.45) is 5.10 Å². The minimum absolute atomic E-state index is 0.0959. The minimum atomic E-state index is -0.809. The molecule has 0 aliphatic rings. The van der Waals surface area contributed by atoms with E-state index >= 15 is 0 Å². The Morgan fingerprint density at radius 2 is 2.38 bits per heavy atom. The molecule has 0 radical (unpaired) electrons. The third kappa shape index (κ3) is 3.52. The first-order chi connectivity index (χ1) is 7.63. The van der Waals surface area contributed by atoms with Gasteiger partial charge in [0.15, 0.2) is 5.03 Å². The number of esters is 1. The fraction of sp³-hybridized carbons (Fsp3) is 0.333. The summed E-state index contributed by atoms with van der Waals surface area (Å²) in [6, 6.07) is 4.70. The zero-order valence-electron chi connectivity index (χ0n) is 8.70. The van der Waals surface area contributed by atoms with Gasteiger partial charge in [-0.3, -0.25) is 4.79 Å². The monoisotopic (exact) mass is 225 g/mol. The molecule has 0 saturated heterocycles. The first kappa shape index (κ1) is 11.9. The Balaban J connectivity index is 2.96. The molecule has 0 fully saturated rings. The van der Waals surface area contributed by atoms with E-state index in [1.165, 1.54) is 16.8 Å². The molecule has 0 aliphatic carbocycles. The summed E-state index contributed by atoms with van der Waals surface area (Å²) in [6.07, 6.45) is 1.53. The lowest BCUT2D eigenvalue weighted by atomic mass is 10.4. The van der Waals surface area contributed by atoms with E-state index in [0.29, 0.717) is 0 Å². The highest BCUT2D eigenvalue weighted by molar-refractivity contribution is 5.69. The number of hydrogen-bond acceptors (Lipinski definition) is 4. The minimum Gasteiger partial charge on any atom is -0.465 e. The predicted octanol–water partition coefficient (Wildman–Crippen LogP) is 0.144. The van der Waals surface area contributed by atoms with Crippen LogP contribution < -0.4 is 5.49 Å². The van der Waals surface area contributed by atoms with Crippen molar-refractivity contribution in [3.8, 4) is 0 Å². The Morgan fingerprint density at radius 1 is 1.62 bits per heavy atom. The van der Waals surface area contributed by atoms with Crippen LogP contribution in [0.3, 0.4) is 0 Å². The number of carbonyl (C=O) groups is 1. The largest absolute Gasteiger partial charge is 0.465 e. The van der Waals surface area contributed by atoms with Crippen molar-refractivity contribution in [1.82, 2.24) is 4.57 Å². The molecule has 16 heavy (non-hydrogen) atoms. The molecule has 0 N–H and O–H groups in total. The molecule has 7 heteroatoms. The molecule has 0 bridgehead atoms. The van der Waals surface area contributed by atoms with Crippen molar-refractivity contribution in [3.05, 3.63) is 40.0 Å². The lowest BCUT2D eigenvalue weighted by Crippen LogP contribution is -2.26. The summed E-state index contributed by atoms with van der Waals surface area (Å²) in [5, 5.41) is 12.6. The van der Waals surface area contributed by atoms with Gasteiger partial charge in [0.25, 0.3) is 0 Å². The van der Waals surface area contributed by atoms with Gasteiger partial charge in [0.1, 0.15) is 6.54 Å². The second-order valence-corrected chi connectivity index (χ2v) is 2.83. The summed E-state index contributed by atoms with van der Waals surface area (Å²) in [6.45, 7) is 1.87. The highest BCUT2D eigenvalue weighted by Crippen LogP contribution is 1.86. The summed E-state index contributed by atoms with van der Waals surface area (Å²) in [5.41, 5.74) is 0.0977. The maximum Gasteiger partial charge on any atom is 0.326 e. The Morgan fingerprint density at radius 3 is 3.00 bits per heavy atom. The van der Waals surface area contributed by atoms with E-state index in [1.807, 2.05) is 0 Å². The first-order valence-corrected chi connectivity index (χ1v) is 4.63. The number of nitro groups is 1. The third-order valence-electron chi connectivity index (χ3n) is 1.71. The van der Waals surface area contributed by atoms with Crippen LogP contribution in [0.1, 0.15) is 6.92 Å². The van der Waals surface area contributed by atoms with E-state index in [-0.39, 0.29) is 18.6 Å². The number of aromatic nitrogens is 1. The number of rotatable bonds is 4. The summed E-state index contributed by atoms with van der Waals surface area (Å²) in [7, 11) is 0. The van der Waals surface area contributed by atoms with Crippen molar-refractivity contribution >= 4 is 5.97 Å². The highest BCUT2D eigenvalue weighted by atomic mass is 16.7. The molecule has 0 aliphatic heterocycles. The molecule has 0 aromatic carbocycles. The van der Waals surface area contributed by atoms with Crippen LogP contribution in [0.5, 0.6) is 0 Å². The van der Waals surface area contributed by atoms with Gasteiger partial charge in [0.05, 0.1) is 11.7 Å². The molecule has 0 unspecified atom stereocenters. The van der Waals surface area contributed by atoms with Crippen molar-refractivity contribution < 1.29 is 14.6 Å². The normalized spacial score (nSPS) is 11.2. The molecule has 0 saturated carbocycles. The van der Waals surface area contributed by atoms with Crippen molar-refractivity contribution in [3.63, 3.8) is 0 Å². The molecule has 1 aromatic heterocycles. The maximum atomic E-state index is 11.2. The average Bonchev–Trinajstić information content (AvgIpc) is 2.20. The van der Waals surface area contributed by atoms with Crippen molar-refractivity contribution in [1.29, 1.82) is 0 Å². The van der Waals surface area contributed by atoms with Crippen LogP contribution in [0.2, 0.25) is 0 Å². The second-order valence-electron chi connectivity index (χ2n) is 2.83. The molecule has 1 heterocycles. The number of ether oxygens (including phenoxy) is 1. The van der Waals surface area contributed by atoms with E-state index < -0.39 is 11.0 Å². The fourth-order valence-electron chi connectivity index (χ4n) is 1.12. The van der Waals surface area contributed by atoms with Gasteiger partial charge in [-0.05, 0) is 19.1 Å². The van der Waals surface area contributed by atoms with E-state index in [9.17, 15) is 14.9 Å². The summed E-state index contributed by atoms with van der Waals surface area (Å²) in [5.74, 6) is -0.460. The Bertz CT molecular complexity index is 452. The quantitative estimate of drug-likeness (QED) is 0.414. The van der Waals surface area contributed by atoms with Crippen LogP contribution in [-0.4, -0.2) is 22.2 Å². The van der Waals surface area contributed by atoms with Gasteiger partial charge in [0.2, 0.25) is 5.49 Å². The smallest absolute Gasteiger partial charge is 0.326 e. The van der Waals surface area contributed by atoms with Crippen molar-refractivity contribution in [2.75, 3.05) is 6.61 Å². The average molecular weight is 225 g/mol. The van der Waals surface area contributed by atoms with Crippen LogP contribution in [0.15, 0.2) is 29.5 Å². The van der Waals surface area contributed by atoms with Crippen LogP contribution in [0.4, 0.5) is 0 Å². The van der Waals surface area contributed by atoms with Gasteiger partial charge in [-0.2, -0.15) is 0 Å². The molecule has 86 valence electrons. The number of hydrogen-bond donors (Lipinski definition) is 0. The summed E-state index contributed by atoms with van der Waals surface area (Å²) in [4.78, 5) is 21.4. The number of pyridine rings is 1. The highest BCUT2D eigenvalue weighted by Gasteiger charge is 2.04. The Hall–Kier alpha value is -2.18. The fourth-order valence-corrected chi connectivity index (χ4v) is 1.12. The molecule has 7 nitrogen and oxygen atoms in total. The van der Waals surface area contributed by atoms with Crippen LogP contribution in [0.25, 0.3) is 0 Å². The van der Waals surface area contributed by atoms with E-state index in [1.54, 1.807) is 19.1 Å². The van der Waals surface area contributed by atoms with Gasteiger partial charge in [-0.15, -0.1) is 0 Å². The molecule has 0 amide bonds. The number of carbonyl (C=O) groups excluding carboxylic acids is 1. The zero-order chi connectivity index (χ0) is 12.0. The molecular formula is C9H11N3O4. The van der Waals surface area contributed by atoms with Crippen LogP contribution in [0, 0.1) is 10.1 Å². The topological polar surface area (TPSA) is 86.7 Å².